The van der Waals surface area contributed by atoms with E-state index >= 15 is 0 Å². The van der Waals surface area contributed by atoms with Crippen LogP contribution in [0.3, 0.4) is 0 Å². The Bertz CT molecular complexity index is 707. The van der Waals surface area contributed by atoms with E-state index in [-0.39, 0.29) is 12.5 Å². The highest BCUT2D eigenvalue weighted by molar-refractivity contribution is 5.96. The topological polar surface area (TPSA) is 75.5 Å². The number of amides is 1. The molecule has 2 aromatic carbocycles. The van der Waals surface area contributed by atoms with Crippen molar-refractivity contribution in [1.29, 1.82) is 0 Å². The average molecular weight is 317 g/mol. The van der Waals surface area contributed by atoms with Crippen LogP contribution in [0, 0.1) is 15.9 Å². The van der Waals surface area contributed by atoms with E-state index in [9.17, 15) is 19.3 Å². The van der Waals surface area contributed by atoms with Gasteiger partial charge in [-0.25, -0.2) is 0 Å². The van der Waals surface area contributed by atoms with Crippen molar-refractivity contribution in [3.05, 3.63) is 64.5 Å². The van der Waals surface area contributed by atoms with E-state index < -0.39 is 16.4 Å². The lowest BCUT2D eigenvalue weighted by molar-refractivity contribution is -0.387. The van der Waals surface area contributed by atoms with Crippen LogP contribution in [0.5, 0.6) is 0 Å². The second-order valence-electron chi connectivity index (χ2n) is 4.75. The monoisotopic (exact) mass is 317 g/mol. The van der Waals surface area contributed by atoms with Crippen molar-refractivity contribution in [3.63, 3.8) is 0 Å². The molecule has 0 saturated heterocycles. The molecule has 0 aliphatic rings. The lowest BCUT2D eigenvalue weighted by Gasteiger charge is -2.21. The first-order valence-electron chi connectivity index (χ1n) is 7.06. The SMILES string of the molecule is CCN(C(=O)CNc1ccc(F)c([N+](=O)[O-])c1)c1ccccc1. The fraction of sp³-hybridized carbons (Fsp3) is 0.188. The van der Waals surface area contributed by atoms with Crippen LogP contribution >= 0.6 is 0 Å². The number of nitrogens with zero attached hydrogens (tertiary/aromatic N) is 2. The molecule has 23 heavy (non-hydrogen) atoms. The number of likely N-dealkylation sites (N-methyl/N-ethyl adjacent to an activating group) is 1. The second-order valence-corrected chi connectivity index (χ2v) is 4.75. The molecule has 0 bridgehead atoms. The van der Waals surface area contributed by atoms with Crippen LogP contribution in [0.15, 0.2) is 48.5 Å². The summed E-state index contributed by atoms with van der Waals surface area (Å²) in [4.78, 5) is 23.8. The molecule has 0 heterocycles. The van der Waals surface area contributed by atoms with E-state index in [1.165, 1.54) is 6.07 Å². The number of carbonyl (C=O) groups excluding carboxylic acids is 1. The van der Waals surface area contributed by atoms with Crippen LogP contribution in [0.4, 0.5) is 21.5 Å². The van der Waals surface area contributed by atoms with Crippen LogP contribution < -0.4 is 10.2 Å². The summed E-state index contributed by atoms with van der Waals surface area (Å²) in [5.41, 5.74) is 0.459. The summed E-state index contributed by atoms with van der Waals surface area (Å²) in [6.07, 6.45) is 0. The third kappa shape index (κ3) is 4.03. The number of benzene rings is 2. The highest BCUT2D eigenvalue weighted by Gasteiger charge is 2.16. The molecular weight excluding hydrogens is 301 g/mol. The normalized spacial score (nSPS) is 10.2. The summed E-state index contributed by atoms with van der Waals surface area (Å²) in [5.74, 6) is -1.10. The lowest BCUT2D eigenvalue weighted by Crippen LogP contribution is -2.35. The van der Waals surface area contributed by atoms with Gasteiger partial charge in [-0.2, -0.15) is 4.39 Å². The zero-order valence-corrected chi connectivity index (χ0v) is 12.5. The number of para-hydroxylation sites is 1. The predicted molar refractivity (Wildman–Crippen MR) is 86.0 cm³/mol. The third-order valence-corrected chi connectivity index (χ3v) is 3.27. The van der Waals surface area contributed by atoms with E-state index in [0.717, 1.165) is 17.8 Å². The molecule has 0 radical (unpaired) electrons. The van der Waals surface area contributed by atoms with Crippen LogP contribution in [0.2, 0.25) is 0 Å². The Balaban J connectivity index is 2.06. The van der Waals surface area contributed by atoms with Crippen LogP contribution in [-0.4, -0.2) is 23.9 Å². The fourth-order valence-electron chi connectivity index (χ4n) is 2.15. The van der Waals surface area contributed by atoms with Crippen LogP contribution in [-0.2, 0) is 4.79 Å². The van der Waals surface area contributed by atoms with Crippen molar-refractivity contribution in [2.45, 2.75) is 6.92 Å². The van der Waals surface area contributed by atoms with E-state index in [1.807, 2.05) is 37.3 Å². The van der Waals surface area contributed by atoms with Gasteiger partial charge in [-0.05, 0) is 31.2 Å². The number of hydrogen-bond donors (Lipinski definition) is 1. The van der Waals surface area contributed by atoms with Gasteiger partial charge in [0.15, 0.2) is 0 Å². The molecule has 2 aromatic rings. The highest BCUT2D eigenvalue weighted by Crippen LogP contribution is 2.21. The van der Waals surface area contributed by atoms with Gasteiger partial charge in [0.05, 0.1) is 11.5 Å². The largest absolute Gasteiger partial charge is 0.376 e. The first kappa shape index (κ1) is 16.4. The minimum Gasteiger partial charge on any atom is -0.376 e. The molecule has 1 amide bonds. The molecule has 0 aliphatic carbocycles. The molecule has 2 rings (SSSR count). The number of rotatable bonds is 6. The molecular formula is C16H16FN3O3. The number of hydrogen-bond acceptors (Lipinski definition) is 4. The summed E-state index contributed by atoms with van der Waals surface area (Å²) >= 11 is 0. The van der Waals surface area contributed by atoms with Crippen molar-refractivity contribution >= 4 is 23.0 Å². The van der Waals surface area contributed by atoms with Gasteiger partial charge in [-0.1, -0.05) is 18.2 Å². The zero-order valence-electron chi connectivity index (χ0n) is 12.5. The van der Waals surface area contributed by atoms with Gasteiger partial charge in [0.2, 0.25) is 11.7 Å². The molecule has 1 N–H and O–H groups in total. The number of nitro groups is 1. The maximum absolute atomic E-state index is 13.3. The minimum atomic E-state index is -0.911. The predicted octanol–water partition coefficient (Wildman–Crippen LogP) is 3.20. The Labute approximate surface area is 132 Å². The van der Waals surface area contributed by atoms with Crippen molar-refractivity contribution in [2.75, 3.05) is 23.3 Å². The van der Waals surface area contributed by atoms with Crippen molar-refractivity contribution < 1.29 is 14.1 Å². The van der Waals surface area contributed by atoms with E-state index in [2.05, 4.69) is 5.32 Å². The summed E-state index contributed by atoms with van der Waals surface area (Å²) in [7, 11) is 0. The Morgan fingerprint density at radius 3 is 2.57 bits per heavy atom. The summed E-state index contributed by atoms with van der Waals surface area (Å²) in [6.45, 7) is 2.30. The highest BCUT2D eigenvalue weighted by atomic mass is 19.1. The first-order valence-corrected chi connectivity index (χ1v) is 7.06. The van der Waals surface area contributed by atoms with E-state index in [0.29, 0.717) is 12.2 Å². The van der Waals surface area contributed by atoms with Gasteiger partial charge < -0.3 is 10.2 Å². The second kappa shape index (κ2) is 7.35. The van der Waals surface area contributed by atoms with Crippen molar-refractivity contribution in [2.24, 2.45) is 0 Å². The van der Waals surface area contributed by atoms with Gasteiger partial charge >= 0.3 is 5.69 Å². The number of halogens is 1. The molecule has 0 aliphatic heterocycles. The molecule has 0 atom stereocenters. The molecule has 0 aromatic heterocycles. The smallest absolute Gasteiger partial charge is 0.306 e. The van der Waals surface area contributed by atoms with E-state index in [1.54, 1.807) is 4.90 Å². The third-order valence-electron chi connectivity index (χ3n) is 3.27. The first-order chi connectivity index (χ1) is 11.0. The Hall–Kier alpha value is -2.96. The molecule has 0 fully saturated rings. The molecule has 0 spiro atoms. The molecule has 0 saturated carbocycles. The van der Waals surface area contributed by atoms with E-state index in [4.69, 9.17) is 0 Å². The van der Waals surface area contributed by atoms with Crippen LogP contribution in [0.25, 0.3) is 0 Å². The quantitative estimate of drug-likeness (QED) is 0.656. The Morgan fingerprint density at radius 1 is 1.26 bits per heavy atom. The minimum absolute atomic E-state index is 0.0501. The molecule has 6 nitrogen and oxygen atoms in total. The number of nitrogens with one attached hydrogen (secondary N) is 1. The Kier molecular flexibility index (Phi) is 5.24. The Morgan fingerprint density at radius 2 is 1.96 bits per heavy atom. The van der Waals surface area contributed by atoms with Gasteiger partial charge in [0, 0.05) is 24.0 Å². The number of carbonyl (C=O) groups is 1. The van der Waals surface area contributed by atoms with Gasteiger partial charge in [0.1, 0.15) is 0 Å². The van der Waals surface area contributed by atoms with Gasteiger partial charge in [-0.15, -0.1) is 0 Å². The number of anilines is 2. The molecule has 0 unspecified atom stereocenters. The molecule has 7 heteroatoms. The molecule has 120 valence electrons. The maximum atomic E-state index is 13.3. The van der Waals surface area contributed by atoms with Gasteiger partial charge in [-0.3, -0.25) is 14.9 Å². The lowest BCUT2D eigenvalue weighted by atomic mass is 10.2. The summed E-state index contributed by atoms with van der Waals surface area (Å²) in [6, 6.07) is 12.6. The fourth-order valence-corrected chi connectivity index (χ4v) is 2.15. The van der Waals surface area contributed by atoms with Crippen molar-refractivity contribution in [1.82, 2.24) is 0 Å². The standard InChI is InChI=1S/C16H16FN3O3/c1-2-19(13-6-4-3-5-7-13)16(21)11-18-12-8-9-14(17)15(10-12)20(22)23/h3-10,18H,2,11H2,1H3. The van der Waals surface area contributed by atoms with Crippen molar-refractivity contribution in [3.8, 4) is 0 Å². The maximum Gasteiger partial charge on any atom is 0.306 e. The average Bonchev–Trinajstić information content (AvgIpc) is 2.55. The number of nitro benzene ring substituents is 1. The summed E-state index contributed by atoms with van der Waals surface area (Å²) in [5, 5.41) is 13.5. The van der Waals surface area contributed by atoms with Crippen LogP contribution in [0.1, 0.15) is 6.92 Å². The summed E-state index contributed by atoms with van der Waals surface area (Å²) < 4.78 is 13.3. The van der Waals surface area contributed by atoms with Gasteiger partial charge in [0.25, 0.3) is 0 Å². The zero-order chi connectivity index (χ0) is 16.8.